The Hall–Kier alpha value is -3.47. The number of benzene rings is 1. The van der Waals surface area contributed by atoms with E-state index in [4.69, 9.17) is 9.97 Å². The molecule has 11 heteroatoms. The molecule has 1 fully saturated rings. The lowest BCUT2D eigenvalue weighted by Gasteiger charge is -2.28. The van der Waals surface area contributed by atoms with Crippen LogP contribution in [0.5, 0.6) is 0 Å². The largest absolute Gasteiger partial charge is 0.356 e. The van der Waals surface area contributed by atoms with Crippen molar-refractivity contribution in [3.63, 3.8) is 0 Å². The molecule has 36 heavy (non-hydrogen) atoms. The molecule has 4 aromatic rings. The number of aryl methyl sites for hydroxylation is 1. The van der Waals surface area contributed by atoms with Crippen molar-refractivity contribution >= 4 is 34.5 Å². The summed E-state index contributed by atoms with van der Waals surface area (Å²) in [6.45, 7) is 4.94. The maximum Gasteiger partial charge on any atom is 0.269 e. The van der Waals surface area contributed by atoms with Crippen LogP contribution in [-0.4, -0.2) is 60.8 Å². The van der Waals surface area contributed by atoms with Crippen molar-refractivity contribution in [3.05, 3.63) is 48.0 Å². The van der Waals surface area contributed by atoms with E-state index in [0.717, 1.165) is 46.4 Å². The van der Waals surface area contributed by atoms with Crippen LogP contribution in [0, 0.1) is 5.82 Å². The van der Waals surface area contributed by atoms with E-state index in [1.54, 1.807) is 37.0 Å². The third-order valence-electron chi connectivity index (χ3n) is 6.25. The van der Waals surface area contributed by atoms with E-state index in [1.165, 1.54) is 36.1 Å². The number of amides is 1. The van der Waals surface area contributed by atoms with E-state index in [2.05, 4.69) is 27.3 Å². The fourth-order valence-electron chi connectivity index (χ4n) is 4.43. The number of carbonyl (C=O) groups is 1. The molecule has 0 unspecified atom stereocenters. The van der Waals surface area contributed by atoms with Crippen LogP contribution in [0.3, 0.4) is 0 Å². The van der Waals surface area contributed by atoms with E-state index in [1.807, 2.05) is 10.9 Å². The number of halogens is 1. The van der Waals surface area contributed by atoms with Crippen molar-refractivity contribution in [2.24, 2.45) is 7.05 Å². The van der Waals surface area contributed by atoms with Gasteiger partial charge in [0.2, 0.25) is 0 Å². The Morgan fingerprint density at radius 2 is 1.92 bits per heavy atom. The summed E-state index contributed by atoms with van der Waals surface area (Å²) in [7, 11) is 1.72. The van der Waals surface area contributed by atoms with Crippen molar-refractivity contribution in [2.75, 3.05) is 30.3 Å². The molecule has 0 bridgehead atoms. The normalized spacial score (nSPS) is 13.9. The molecule has 0 aliphatic carbocycles. The van der Waals surface area contributed by atoms with Crippen molar-refractivity contribution in [1.82, 2.24) is 34.8 Å². The van der Waals surface area contributed by atoms with Gasteiger partial charge >= 0.3 is 0 Å². The average Bonchev–Trinajstić information content (AvgIpc) is 3.48. The third-order valence-corrected chi connectivity index (χ3v) is 6.98. The lowest BCUT2D eigenvalue weighted by atomic mass is 10.1. The maximum atomic E-state index is 13.2. The molecule has 0 spiro atoms. The van der Waals surface area contributed by atoms with Crippen molar-refractivity contribution in [2.45, 2.75) is 37.9 Å². The molecule has 1 aromatic carbocycles. The number of aromatic nitrogens is 6. The van der Waals surface area contributed by atoms with Gasteiger partial charge in [0.1, 0.15) is 17.3 Å². The molecule has 3 aromatic heterocycles. The molecule has 4 heterocycles. The number of hydrogen-bond acceptors (Lipinski definition) is 7. The number of piperidine rings is 1. The Bertz CT molecular complexity index is 1360. The van der Waals surface area contributed by atoms with E-state index in [-0.39, 0.29) is 11.7 Å². The highest BCUT2D eigenvalue weighted by atomic mass is 32.2. The van der Waals surface area contributed by atoms with Crippen LogP contribution in [-0.2, 0) is 13.6 Å². The molecule has 5 rings (SSSR count). The summed E-state index contributed by atoms with van der Waals surface area (Å²) >= 11 is 1.62. The molecule has 1 N–H and O–H groups in total. The van der Waals surface area contributed by atoms with Crippen LogP contribution in [0.2, 0.25) is 0 Å². The zero-order valence-corrected chi connectivity index (χ0v) is 21.3. The second-order valence-corrected chi connectivity index (χ2v) is 9.95. The maximum absolute atomic E-state index is 13.2. The molecule has 1 aliphatic heterocycles. The van der Waals surface area contributed by atoms with Gasteiger partial charge in [-0.15, -0.1) is 0 Å². The van der Waals surface area contributed by atoms with Crippen LogP contribution in [0.15, 0.2) is 41.7 Å². The predicted molar refractivity (Wildman–Crippen MR) is 139 cm³/mol. The van der Waals surface area contributed by atoms with Crippen LogP contribution in [0.4, 0.5) is 10.2 Å². The first-order valence-corrected chi connectivity index (χ1v) is 13.2. The predicted octanol–water partition coefficient (Wildman–Crippen LogP) is 3.90. The standard InChI is InChI=1S/C25H29FN8OS/c1-3-36-25-29-22(33-12-5-4-6-13-33)19-16-28-34(23(19)30-25)14-11-27-24(35)21-15-20(31-32(21)2)17-7-9-18(26)10-8-17/h7-10,15-16H,3-6,11-14H2,1-2H3,(H,27,35). The van der Waals surface area contributed by atoms with Gasteiger partial charge in [-0.2, -0.15) is 10.2 Å². The van der Waals surface area contributed by atoms with E-state index < -0.39 is 0 Å². The molecular formula is C25H29FN8OS. The number of rotatable bonds is 8. The third kappa shape index (κ3) is 5.06. The molecule has 9 nitrogen and oxygen atoms in total. The Labute approximate surface area is 213 Å². The highest BCUT2D eigenvalue weighted by Gasteiger charge is 2.20. The Balaban J connectivity index is 1.30. The van der Waals surface area contributed by atoms with Crippen molar-refractivity contribution in [1.29, 1.82) is 0 Å². The van der Waals surface area contributed by atoms with Gasteiger partial charge in [-0.1, -0.05) is 18.7 Å². The topological polar surface area (TPSA) is 93.8 Å². The number of nitrogens with one attached hydrogen (secondary N) is 1. The van der Waals surface area contributed by atoms with Gasteiger partial charge in [0.05, 0.1) is 23.8 Å². The number of thioether (sulfide) groups is 1. The molecule has 0 radical (unpaired) electrons. The summed E-state index contributed by atoms with van der Waals surface area (Å²) in [4.78, 5) is 24.8. The molecule has 1 aliphatic rings. The van der Waals surface area contributed by atoms with Gasteiger partial charge in [-0.05, 0) is 55.3 Å². The summed E-state index contributed by atoms with van der Waals surface area (Å²) in [6.07, 6.45) is 5.41. The van der Waals surface area contributed by atoms with Crippen molar-refractivity contribution < 1.29 is 9.18 Å². The SMILES string of the molecule is CCSc1nc(N2CCCCC2)c2cnn(CCNC(=O)c3cc(-c4ccc(F)cc4)nn3C)c2n1. The summed E-state index contributed by atoms with van der Waals surface area (Å²) < 4.78 is 16.6. The number of nitrogens with zero attached hydrogens (tertiary/aromatic N) is 7. The van der Waals surface area contributed by atoms with E-state index >= 15 is 0 Å². The highest BCUT2D eigenvalue weighted by Crippen LogP contribution is 2.29. The van der Waals surface area contributed by atoms with Crippen LogP contribution >= 0.6 is 11.8 Å². The summed E-state index contributed by atoms with van der Waals surface area (Å²) in [5.74, 6) is 1.29. The first kappa shape index (κ1) is 24.2. The fourth-order valence-corrected chi connectivity index (χ4v) is 4.99. The first-order valence-electron chi connectivity index (χ1n) is 12.2. The minimum Gasteiger partial charge on any atom is -0.356 e. The first-order chi connectivity index (χ1) is 17.5. The van der Waals surface area contributed by atoms with Gasteiger partial charge in [-0.3, -0.25) is 9.48 Å². The zero-order valence-electron chi connectivity index (χ0n) is 20.4. The second kappa shape index (κ2) is 10.7. The molecular weight excluding hydrogens is 479 g/mol. The Morgan fingerprint density at radius 1 is 1.14 bits per heavy atom. The fraction of sp³-hybridized carbons (Fsp3) is 0.400. The molecule has 1 saturated heterocycles. The molecule has 1 amide bonds. The Morgan fingerprint density at radius 3 is 2.67 bits per heavy atom. The summed E-state index contributed by atoms with van der Waals surface area (Å²) in [6, 6.07) is 7.75. The van der Waals surface area contributed by atoms with Gasteiger partial charge in [-0.25, -0.2) is 19.0 Å². The smallest absolute Gasteiger partial charge is 0.269 e. The molecule has 0 atom stereocenters. The summed E-state index contributed by atoms with van der Waals surface area (Å²) in [5.41, 5.74) is 2.58. The van der Waals surface area contributed by atoms with E-state index in [0.29, 0.717) is 24.5 Å². The molecule has 0 saturated carbocycles. The Kier molecular flexibility index (Phi) is 7.17. The number of hydrogen-bond donors (Lipinski definition) is 1. The minimum atomic E-state index is -0.312. The summed E-state index contributed by atoms with van der Waals surface area (Å²) in [5, 5.41) is 13.6. The number of fused-ring (bicyclic) bond motifs is 1. The van der Waals surface area contributed by atoms with Crippen LogP contribution in [0.1, 0.15) is 36.7 Å². The highest BCUT2D eigenvalue weighted by molar-refractivity contribution is 7.99. The van der Waals surface area contributed by atoms with Gasteiger partial charge < -0.3 is 10.2 Å². The van der Waals surface area contributed by atoms with Crippen molar-refractivity contribution in [3.8, 4) is 11.3 Å². The number of carbonyl (C=O) groups excluding carboxylic acids is 1. The van der Waals surface area contributed by atoms with Gasteiger partial charge in [0, 0.05) is 32.2 Å². The zero-order chi connectivity index (χ0) is 25.1. The minimum absolute atomic E-state index is 0.235. The number of anilines is 1. The average molecular weight is 509 g/mol. The lowest BCUT2D eigenvalue weighted by molar-refractivity contribution is 0.0942. The van der Waals surface area contributed by atoms with E-state index in [9.17, 15) is 9.18 Å². The monoisotopic (exact) mass is 508 g/mol. The lowest BCUT2D eigenvalue weighted by Crippen LogP contribution is -2.30. The van der Waals surface area contributed by atoms with Gasteiger partial charge in [0.15, 0.2) is 10.8 Å². The van der Waals surface area contributed by atoms with Crippen LogP contribution < -0.4 is 10.2 Å². The van der Waals surface area contributed by atoms with Crippen LogP contribution in [0.25, 0.3) is 22.3 Å². The second-order valence-electron chi connectivity index (χ2n) is 8.72. The molecule has 188 valence electrons. The van der Waals surface area contributed by atoms with Gasteiger partial charge in [0.25, 0.3) is 5.91 Å². The quantitative estimate of drug-likeness (QED) is 0.285.